The third-order valence-corrected chi connectivity index (χ3v) is 6.16. The van der Waals surface area contributed by atoms with Gasteiger partial charge in [-0.15, -0.1) is 0 Å². The Balaban J connectivity index is 2.34. The van der Waals surface area contributed by atoms with Gasteiger partial charge in [0.1, 0.15) is 12.0 Å². The van der Waals surface area contributed by atoms with Gasteiger partial charge in [0.15, 0.2) is 0 Å². The van der Waals surface area contributed by atoms with Crippen LogP contribution in [-0.2, 0) is 14.8 Å². The van der Waals surface area contributed by atoms with Crippen molar-refractivity contribution in [3.63, 3.8) is 0 Å². The number of carbonyl (C=O) groups is 1. The van der Waals surface area contributed by atoms with Crippen molar-refractivity contribution in [1.29, 1.82) is 0 Å². The minimum Gasteiger partial charge on any atom is -0.497 e. The van der Waals surface area contributed by atoms with Gasteiger partial charge in [0.25, 0.3) is 0 Å². The Bertz CT molecular complexity index is 608. The first-order valence-corrected chi connectivity index (χ1v) is 8.45. The molecular weight excluding hydrogens is 290 g/mol. The van der Waals surface area contributed by atoms with Crippen LogP contribution in [-0.4, -0.2) is 39.2 Å². The van der Waals surface area contributed by atoms with Crippen LogP contribution < -0.4 is 4.74 Å². The van der Waals surface area contributed by atoms with E-state index in [4.69, 9.17) is 4.74 Å². The van der Waals surface area contributed by atoms with E-state index in [0.29, 0.717) is 47.7 Å². The summed E-state index contributed by atoms with van der Waals surface area (Å²) in [5, 5.41) is 0. The molecule has 0 aromatic heterocycles. The highest BCUT2D eigenvalue weighted by Gasteiger charge is 2.31. The lowest BCUT2D eigenvalue weighted by molar-refractivity contribution is -0.112. The number of hydrogen-bond donors (Lipinski definition) is 0. The van der Waals surface area contributed by atoms with E-state index in [2.05, 4.69) is 0 Å². The summed E-state index contributed by atoms with van der Waals surface area (Å²) < 4.78 is 32.3. The second kappa shape index (κ2) is 6.15. The molecule has 5 nitrogen and oxygen atoms in total. The molecule has 0 spiro atoms. The number of methoxy groups -OCH3 is 1. The lowest BCUT2D eigenvalue weighted by Gasteiger charge is -2.30. The van der Waals surface area contributed by atoms with Gasteiger partial charge in [-0.05, 0) is 49.9 Å². The first-order valence-electron chi connectivity index (χ1n) is 7.01. The molecule has 6 heteroatoms. The van der Waals surface area contributed by atoms with E-state index in [0.717, 1.165) is 6.29 Å². The summed E-state index contributed by atoms with van der Waals surface area (Å²) in [7, 11) is -1.96. The van der Waals surface area contributed by atoms with Gasteiger partial charge in [-0.25, -0.2) is 8.42 Å². The van der Waals surface area contributed by atoms with Crippen LogP contribution in [0.4, 0.5) is 0 Å². The molecule has 1 saturated heterocycles. The van der Waals surface area contributed by atoms with Crippen LogP contribution in [0.2, 0.25) is 0 Å². The largest absolute Gasteiger partial charge is 0.497 e. The standard InChI is InChI=1S/C15H21NO4S/c1-11-8-14(20-3)9-12(2)15(11)21(18,19)16-6-4-13(10-17)5-7-16/h8-10,13H,4-7H2,1-3H3. The number of sulfonamides is 1. The molecule has 0 N–H and O–H groups in total. The molecule has 1 heterocycles. The molecule has 1 aliphatic rings. The molecule has 1 aliphatic heterocycles. The highest BCUT2D eigenvalue weighted by molar-refractivity contribution is 7.89. The Hall–Kier alpha value is -1.40. The fourth-order valence-electron chi connectivity index (χ4n) is 2.82. The van der Waals surface area contributed by atoms with Crippen molar-refractivity contribution >= 4 is 16.3 Å². The third-order valence-electron chi connectivity index (χ3n) is 3.96. The number of nitrogens with zero attached hydrogens (tertiary/aromatic N) is 1. The van der Waals surface area contributed by atoms with Crippen molar-refractivity contribution in [1.82, 2.24) is 4.31 Å². The van der Waals surface area contributed by atoms with Crippen LogP contribution >= 0.6 is 0 Å². The summed E-state index contributed by atoms with van der Waals surface area (Å²) in [5.41, 5.74) is 1.37. The number of rotatable bonds is 4. The SMILES string of the molecule is COc1cc(C)c(S(=O)(=O)N2CCC(C=O)CC2)c(C)c1. The molecule has 0 unspecified atom stereocenters. The highest BCUT2D eigenvalue weighted by Crippen LogP contribution is 2.30. The number of hydrogen-bond acceptors (Lipinski definition) is 4. The Labute approximate surface area is 126 Å². The van der Waals surface area contributed by atoms with Crippen molar-refractivity contribution in [3.8, 4) is 5.75 Å². The Morgan fingerprint density at radius 1 is 1.19 bits per heavy atom. The quantitative estimate of drug-likeness (QED) is 0.797. The van der Waals surface area contributed by atoms with Crippen molar-refractivity contribution < 1.29 is 17.9 Å². The maximum absolute atomic E-state index is 12.8. The van der Waals surface area contributed by atoms with Gasteiger partial charge < -0.3 is 9.53 Å². The summed E-state index contributed by atoms with van der Waals surface area (Å²) in [4.78, 5) is 11.1. The molecule has 21 heavy (non-hydrogen) atoms. The summed E-state index contributed by atoms with van der Waals surface area (Å²) in [6.07, 6.45) is 2.11. The van der Waals surface area contributed by atoms with Gasteiger partial charge in [0, 0.05) is 19.0 Å². The molecule has 0 bridgehead atoms. The van der Waals surface area contributed by atoms with E-state index in [1.165, 1.54) is 4.31 Å². The second-order valence-corrected chi connectivity index (χ2v) is 7.34. The smallest absolute Gasteiger partial charge is 0.243 e. The maximum atomic E-state index is 12.8. The average molecular weight is 311 g/mol. The zero-order chi connectivity index (χ0) is 15.6. The van der Waals surface area contributed by atoms with E-state index in [9.17, 15) is 13.2 Å². The van der Waals surface area contributed by atoms with Crippen LogP contribution in [0.25, 0.3) is 0 Å². The summed E-state index contributed by atoms with van der Waals surface area (Å²) in [6.45, 7) is 4.36. The van der Waals surface area contributed by atoms with Crippen molar-refractivity contribution in [3.05, 3.63) is 23.3 Å². The van der Waals surface area contributed by atoms with E-state index >= 15 is 0 Å². The molecular formula is C15H21NO4S. The molecule has 0 radical (unpaired) electrons. The Morgan fingerprint density at radius 2 is 1.71 bits per heavy atom. The molecule has 1 aromatic rings. The molecule has 0 atom stereocenters. The van der Waals surface area contributed by atoms with Crippen LogP contribution in [0.1, 0.15) is 24.0 Å². The number of aldehydes is 1. The third kappa shape index (κ3) is 3.11. The molecule has 0 saturated carbocycles. The van der Waals surface area contributed by atoms with E-state index in [1.807, 2.05) is 0 Å². The minimum absolute atomic E-state index is 0.0190. The van der Waals surface area contributed by atoms with Gasteiger partial charge in [0.05, 0.1) is 12.0 Å². The number of carbonyl (C=O) groups excluding carboxylic acids is 1. The lowest BCUT2D eigenvalue weighted by atomic mass is 10.0. The van der Waals surface area contributed by atoms with Crippen LogP contribution in [0.5, 0.6) is 5.75 Å². The van der Waals surface area contributed by atoms with Crippen LogP contribution in [0.3, 0.4) is 0 Å². The topological polar surface area (TPSA) is 63.7 Å². The molecule has 0 amide bonds. The number of ether oxygens (including phenoxy) is 1. The first kappa shape index (κ1) is 16.0. The van der Waals surface area contributed by atoms with E-state index < -0.39 is 10.0 Å². The normalized spacial score (nSPS) is 17.7. The Morgan fingerprint density at radius 3 is 2.14 bits per heavy atom. The number of aryl methyl sites for hydroxylation is 2. The summed E-state index contributed by atoms with van der Waals surface area (Å²) >= 11 is 0. The lowest BCUT2D eigenvalue weighted by Crippen LogP contribution is -2.39. The monoisotopic (exact) mass is 311 g/mol. The Kier molecular flexibility index (Phi) is 4.68. The maximum Gasteiger partial charge on any atom is 0.243 e. The zero-order valence-corrected chi connectivity index (χ0v) is 13.4. The molecule has 116 valence electrons. The minimum atomic E-state index is -3.52. The van der Waals surface area contributed by atoms with Gasteiger partial charge in [-0.3, -0.25) is 0 Å². The first-order chi connectivity index (χ1) is 9.90. The van der Waals surface area contributed by atoms with Crippen LogP contribution in [0, 0.1) is 19.8 Å². The molecule has 1 fully saturated rings. The average Bonchev–Trinajstić information content (AvgIpc) is 2.46. The van der Waals surface area contributed by atoms with E-state index in [-0.39, 0.29) is 5.92 Å². The van der Waals surface area contributed by atoms with Crippen molar-refractivity contribution in [2.24, 2.45) is 5.92 Å². The molecule has 0 aliphatic carbocycles. The van der Waals surface area contributed by atoms with Crippen molar-refractivity contribution in [2.75, 3.05) is 20.2 Å². The number of piperidine rings is 1. The van der Waals surface area contributed by atoms with Crippen molar-refractivity contribution in [2.45, 2.75) is 31.6 Å². The fraction of sp³-hybridized carbons (Fsp3) is 0.533. The van der Waals surface area contributed by atoms with Gasteiger partial charge in [0.2, 0.25) is 10.0 Å². The van der Waals surface area contributed by atoms with E-state index in [1.54, 1.807) is 33.1 Å². The molecule has 2 rings (SSSR count). The number of benzene rings is 1. The summed E-state index contributed by atoms with van der Waals surface area (Å²) in [6, 6.07) is 3.47. The second-order valence-electron chi connectivity index (χ2n) is 5.47. The predicted octanol–water partition coefficient (Wildman–Crippen LogP) is 1.91. The predicted molar refractivity (Wildman–Crippen MR) is 80.0 cm³/mol. The van der Waals surface area contributed by atoms with Crippen LogP contribution in [0.15, 0.2) is 17.0 Å². The highest BCUT2D eigenvalue weighted by atomic mass is 32.2. The van der Waals surface area contributed by atoms with Gasteiger partial charge in [-0.1, -0.05) is 0 Å². The van der Waals surface area contributed by atoms with Gasteiger partial charge >= 0.3 is 0 Å². The summed E-state index contributed by atoms with van der Waals surface area (Å²) in [5.74, 6) is 0.637. The zero-order valence-electron chi connectivity index (χ0n) is 12.6. The molecule has 1 aromatic carbocycles. The fourth-order valence-corrected chi connectivity index (χ4v) is 4.70. The van der Waals surface area contributed by atoms with Gasteiger partial charge in [-0.2, -0.15) is 4.31 Å².